The van der Waals surface area contributed by atoms with E-state index in [2.05, 4.69) is 0 Å². The van der Waals surface area contributed by atoms with Crippen LogP contribution in [0.2, 0.25) is 10.0 Å². The maximum absolute atomic E-state index is 12.7. The Morgan fingerprint density at radius 2 is 1.80 bits per heavy atom. The molecule has 0 fully saturated rings. The van der Waals surface area contributed by atoms with Crippen LogP contribution in [-0.2, 0) is 16.6 Å². The maximum atomic E-state index is 12.7. The Kier molecular flexibility index (Phi) is 9.77. The van der Waals surface area contributed by atoms with Crippen molar-refractivity contribution >= 4 is 33.2 Å². The Morgan fingerprint density at radius 1 is 1.08 bits per heavy atom. The van der Waals surface area contributed by atoms with Gasteiger partial charge in [-0.25, -0.2) is 8.42 Å². The van der Waals surface area contributed by atoms with Crippen LogP contribution in [0, 0.1) is 11.3 Å². The first-order valence-corrected chi connectivity index (χ1v) is 10.6. The van der Waals surface area contributed by atoms with E-state index in [-0.39, 0.29) is 12.3 Å². The molecule has 8 heteroatoms. The third-order valence-corrected chi connectivity index (χ3v) is 6.33. The normalized spacial score (nSPS) is 11.9. The van der Waals surface area contributed by atoms with Crippen LogP contribution < -0.4 is 0 Å². The molecule has 0 N–H and O–H groups in total. The minimum atomic E-state index is -3.39. The molecule has 1 rings (SSSR count). The molecular formula is C17H25Cl2N3O2S. The van der Waals surface area contributed by atoms with Crippen LogP contribution in [0.1, 0.15) is 31.2 Å². The van der Waals surface area contributed by atoms with E-state index in [0.717, 1.165) is 18.5 Å². The summed E-state index contributed by atoms with van der Waals surface area (Å²) in [5, 5.41) is 9.44. The van der Waals surface area contributed by atoms with Gasteiger partial charge in [0.2, 0.25) is 10.0 Å². The van der Waals surface area contributed by atoms with Gasteiger partial charge in [-0.15, -0.1) is 0 Å². The third kappa shape index (κ3) is 8.39. The zero-order valence-corrected chi connectivity index (χ0v) is 17.0. The lowest BCUT2D eigenvalue weighted by Gasteiger charge is -2.23. The fraction of sp³-hybridized carbons (Fsp3) is 0.588. The van der Waals surface area contributed by atoms with Crippen molar-refractivity contribution < 1.29 is 8.42 Å². The van der Waals surface area contributed by atoms with E-state index < -0.39 is 10.0 Å². The molecule has 0 radical (unpaired) electrons. The summed E-state index contributed by atoms with van der Waals surface area (Å²) < 4.78 is 26.9. The molecule has 0 aliphatic carbocycles. The predicted molar refractivity (Wildman–Crippen MR) is 103 cm³/mol. The predicted octanol–water partition coefficient (Wildman–Crippen LogP) is 3.77. The van der Waals surface area contributed by atoms with E-state index in [9.17, 15) is 8.42 Å². The molecule has 1 aromatic carbocycles. The number of nitrogens with zero attached hydrogens (tertiary/aromatic N) is 3. The van der Waals surface area contributed by atoms with Crippen molar-refractivity contribution in [3.8, 4) is 6.07 Å². The number of hydrogen-bond donors (Lipinski definition) is 0. The zero-order valence-electron chi connectivity index (χ0n) is 14.7. The van der Waals surface area contributed by atoms with Gasteiger partial charge in [-0.2, -0.15) is 9.57 Å². The topological polar surface area (TPSA) is 64.4 Å². The Labute approximate surface area is 161 Å². The smallest absolute Gasteiger partial charge is 0.214 e. The minimum absolute atomic E-state index is 0.0535. The van der Waals surface area contributed by atoms with Crippen LogP contribution in [0.25, 0.3) is 0 Å². The summed E-state index contributed by atoms with van der Waals surface area (Å²) in [5.74, 6) is 0.0535. The zero-order chi connectivity index (χ0) is 18.9. The molecule has 0 aromatic heterocycles. The highest BCUT2D eigenvalue weighted by Crippen LogP contribution is 2.24. The van der Waals surface area contributed by atoms with Crippen molar-refractivity contribution in [1.82, 2.24) is 9.21 Å². The first kappa shape index (κ1) is 22.2. The van der Waals surface area contributed by atoms with E-state index in [1.807, 2.05) is 25.1 Å². The Morgan fingerprint density at radius 3 is 2.40 bits per heavy atom. The highest BCUT2D eigenvalue weighted by molar-refractivity contribution is 7.89. The van der Waals surface area contributed by atoms with Crippen molar-refractivity contribution in [2.24, 2.45) is 0 Å². The lowest BCUT2D eigenvalue weighted by Crippen LogP contribution is -2.34. The highest BCUT2D eigenvalue weighted by Gasteiger charge is 2.22. The van der Waals surface area contributed by atoms with Gasteiger partial charge >= 0.3 is 0 Å². The van der Waals surface area contributed by atoms with Crippen molar-refractivity contribution in [1.29, 1.82) is 5.26 Å². The van der Waals surface area contributed by atoms with E-state index in [0.29, 0.717) is 35.9 Å². The average Bonchev–Trinajstić information content (AvgIpc) is 2.53. The SMILES string of the molecule is CN(C)CCCN(Cc1ccc(Cl)c(Cl)c1)S(=O)(=O)CCCCC#N. The maximum Gasteiger partial charge on any atom is 0.214 e. The Balaban J connectivity index is 2.83. The number of hydrogen-bond acceptors (Lipinski definition) is 4. The molecule has 0 heterocycles. The molecule has 25 heavy (non-hydrogen) atoms. The molecule has 0 bridgehead atoms. The minimum Gasteiger partial charge on any atom is -0.309 e. The largest absolute Gasteiger partial charge is 0.309 e. The average molecular weight is 406 g/mol. The summed E-state index contributed by atoms with van der Waals surface area (Å²) in [6.07, 6.45) is 2.20. The van der Waals surface area contributed by atoms with Crippen molar-refractivity contribution in [3.63, 3.8) is 0 Å². The molecule has 140 valence electrons. The molecule has 0 unspecified atom stereocenters. The van der Waals surface area contributed by atoms with Gasteiger partial charge in [0.15, 0.2) is 0 Å². The standard InChI is InChI=1S/C17H25Cl2N3O2S/c1-21(2)10-6-11-22(25(23,24)12-5-3-4-9-20)14-15-7-8-16(18)17(19)13-15/h7-8,13H,3-6,10-12,14H2,1-2H3. The van der Waals surface area contributed by atoms with Crippen LogP contribution >= 0.6 is 23.2 Å². The fourth-order valence-electron chi connectivity index (χ4n) is 2.34. The van der Waals surface area contributed by atoms with Crippen LogP contribution in [0.4, 0.5) is 0 Å². The van der Waals surface area contributed by atoms with Gasteiger partial charge in [0, 0.05) is 19.5 Å². The molecule has 0 atom stereocenters. The molecule has 0 aliphatic heterocycles. The van der Waals surface area contributed by atoms with Gasteiger partial charge in [0.05, 0.1) is 21.9 Å². The van der Waals surface area contributed by atoms with Gasteiger partial charge in [-0.3, -0.25) is 0 Å². The summed E-state index contributed by atoms with van der Waals surface area (Å²) in [5.41, 5.74) is 0.805. The van der Waals surface area contributed by atoms with Gasteiger partial charge in [0.1, 0.15) is 0 Å². The second kappa shape index (κ2) is 11.0. The van der Waals surface area contributed by atoms with Gasteiger partial charge < -0.3 is 4.90 Å². The van der Waals surface area contributed by atoms with Gasteiger partial charge in [-0.05, 0) is 57.6 Å². The van der Waals surface area contributed by atoms with Crippen molar-refractivity contribution in [2.75, 3.05) is 32.9 Å². The molecule has 0 saturated carbocycles. The van der Waals surface area contributed by atoms with Crippen LogP contribution in [0.5, 0.6) is 0 Å². The summed E-state index contributed by atoms with van der Waals surface area (Å²) in [7, 11) is 0.523. The van der Waals surface area contributed by atoms with Gasteiger partial charge in [0.25, 0.3) is 0 Å². The molecule has 0 saturated heterocycles. The second-order valence-corrected chi connectivity index (χ2v) is 9.07. The van der Waals surface area contributed by atoms with Crippen molar-refractivity contribution in [3.05, 3.63) is 33.8 Å². The summed E-state index contributed by atoms with van der Waals surface area (Å²) >= 11 is 12.0. The number of halogens is 2. The van der Waals surface area contributed by atoms with Crippen LogP contribution in [0.3, 0.4) is 0 Å². The first-order chi connectivity index (χ1) is 11.8. The molecule has 0 amide bonds. The molecule has 1 aromatic rings. The highest BCUT2D eigenvalue weighted by atomic mass is 35.5. The van der Waals surface area contributed by atoms with E-state index in [4.69, 9.17) is 28.5 Å². The molecule has 0 aliphatic rings. The summed E-state index contributed by atoms with van der Waals surface area (Å²) in [4.78, 5) is 2.02. The number of unbranched alkanes of at least 4 members (excludes halogenated alkanes) is 2. The lowest BCUT2D eigenvalue weighted by molar-refractivity contribution is 0.346. The fourth-order valence-corrected chi connectivity index (χ4v) is 4.24. The van der Waals surface area contributed by atoms with Crippen LogP contribution in [-0.4, -0.2) is 50.6 Å². The van der Waals surface area contributed by atoms with E-state index in [1.165, 1.54) is 4.31 Å². The molecular weight excluding hydrogens is 381 g/mol. The van der Waals surface area contributed by atoms with E-state index >= 15 is 0 Å². The number of benzene rings is 1. The first-order valence-electron chi connectivity index (χ1n) is 8.19. The lowest BCUT2D eigenvalue weighted by atomic mass is 10.2. The Hall–Kier alpha value is -0.840. The quantitative estimate of drug-likeness (QED) is 0.525. The number of rotatable bonds is 11. The van der Waals surface area contributed by atoms with Crippen molar-refractivity contribution in [2.45, 2.75) is 32.2 Å². The third-order valence-electron chi connectivity index (χ3n) is 3.69. The molecule has 5 nitrogen and oxygen atoms in total. The summed E-state index contributed by atoms with van der Waals surface area (Å²) in [6, 6.07) is 7.21. The summed E-state index contributed by atoms with van der Waals surface area (Å²) in [6.45, 7) is 1.52. The monoisotopic (exact) mass is 405 g/mol. The van der Waals surface area contributed by atoms with E-state index in [1.54, 1.807) is 18.2 Å². The van der Waals surface area contributed by atoms with Gasteiger partial charge in [-0.1, -0.05) is 29.3 Å². The number of sulfonamides is 1. The molecule has 0 spiro atoms. The number of nitriles is 1. The Bertz CT molecular complexity index is 688. The van der Waals surface area contributed by atoms with Crippen LogP contribution in [0.15, 0.2) is 18.2 Å². The second-order valence-electron chi connectivity index (χ2n) is 6.17.